The highest BCUT2D eigenvalue weighted by molar-refractivity contribution is 6.02. The van der Waals surface area contributed by atoms with Crippen molar-refractivity contribution in [2.75, 3.05) is 6.54 Å². The average molecular weight is 292 g/mol. The average Bonchev–Trinajstić information content (AvgIpc) is 2.81. The first kappa shape index (κ1) is 15.0. The zero-order valence-corrected chi connectivity index (χ0v) is 11.8. The van der Waals surface area contributed by atoms with E-state index in [1.54, 1.807) is 13.0 Å². The summed E-state index contributed by atoms with van der Waals surface area (Å²) in [5, 5.41) is 20.5. The van der Waals surface area contributed by atoms with Crippen molar-refractivity contribution < 1.29 is 19.6 Å². The Bertz CT molecular complexity index is 628. The molecule has 1 aliphatic heterocycles. The minimum Gasteiger partial charge on any atom is -0.480 e. The van der Waals surface area contributed by atoms with Crippen LogP contribution in [-0.2, 0) is 4.79 Å². The van der Waals surface area contributed by atoms with Crippen LogP contribution >= 0.6 is 0 Å². The number of hydrogen-bond donors (Lipinski definition) is 1. The van der Waals surface area contributed by atoms with Crippen LogP contribution in [0.15, 0.2) is 18.2 Å². The molecule has 112 valence electrons. The van der Waals surface area contributed by atoms with Crippen LogP contribution in [0.2, 0.25) is 0 Å². The van der Waals surface area contributed by atoms with Gasteiger partial charge in [0.15, 0.2) is 0 Å². The van der Waals surface area contributed by atoms with E-state index in [1.807, 2.05) is 0 Å². The van der Waals surface area contributed by atoms with Crippen molar-refractivity contribution in [2.45, 2.75) is 32.2 Å². The Labute approximate surface area is 121 Å². The lowest BCUT2D eigenvalue weighted by atomic mass is 9.97. The molecule has 1 N–H and O–H groups in total. The first-order valence-electron chi connectivity index (χ1n) is 6.58. The number of carbonyl (C=O) groups excluding carboxylic acids is 1. The van der Waals surface area contributed by atoms with Crippen LogP contribution in [0.25, 0.3) is 0 Å². The van der Waals surface area contributed by atoms with Gasteiger partial charge in [0.05, 0.1) is 4.92 Å². The summed E-state index contributed by atoms with van der Waals surface area (Å²) in [6.45, 7) is 3.37. The van der Waals surface area contributed by atoms with Crippen molar-refractivity contribution in [2.24, 2.45) is 0 Å². The van der Waals surface area contributed by atoms with Crippen LogP contribution < -0.4 is 0 Å². The minimum atomic E-state index is -1.31. The molecule has 1 saturated heterocycles. The molecule has 1 aromatic carbocycles. The maximum Gasteiger partial charge on any atom is 0.329 e. The number of benzene rings is 1. The summed E-state index contributed by atoms with van der Waals surface area (Å²) in [7, 11) is 0. The van der Waals surface area contributed by atoms with Gasteiger partial charge in [-0.2, -0.15) is 0 Å². The van der Waals surface area contributed by atoms with Gasteiger partial charge in [-0.25, -0.2) is 4.79 Å². The highest BCUT2D eigenvalue weighted by atomic mass is 16.6. The van der Waals surface area contributed by atoms with E-state index in [0.29, 0.717) is 18.4 Å². The van der Waals surface area contributed by atoms with Crippen LogP contribution in [0.1, 0.15) is 35.7 Å². The van der Waals surface area contributed by atoms with E-state index in [4.69, 9.17) is 0 Å². The van der Waals surface area contributed by atoms with Gasteiger partial charge >= 0.3 is 5.97 Å². The topological polar surface area (TPSA) is 101 Å². The number of aliphatic carboxylic acids is 1. The summed E-state index contributed by atoms with van der Waals surface area (Å²) in [5.74, 6) is -1.69. The summed E-state index contributed by atoms with van der Waals surface area (Å²) in [6, 6.07) is 4.37. The lowest BCUT2D eigenvalue weighted by Crippen LogP contribution is -2.51. The number of nitro groups is 1. The zero-order valence-electron chi connectivity index (χ0n) is 11.8. The van der Waals surface area contributed by atoms with Gasteiger partial charge in [0, 0.05) is 12.6 Å². The van der Waals surface area contributed by atoms with Gasteiger partial charge in [0.1, 0.15) is 11.1 Å². The van der Waals surface area contributed by atoms with E-state index < -0.39 is 22.3 Å². The van der Waals surface area contributed by atoms with Gasteiger partial charge in [-0.05, 0) is 32.3 Å². The molecule has 7 heteroatoms. The number of hydrogen-bond acceptors (Lipinski definition) is 4. The molecule has 2 rings (SSSR count). The maximum atomic E-state index is 12.7. The van der Waals surface area contributed by atoms with Crippen LogP contribution in [0, 0.1) is 17.0 Å². The van der Waals surface area contributed by atoms with Crippen molar-refractivity contribution in [3.05, 3.63) is 39.4 Å². The number of rotatable bonds is 3. The number of carboxylic acids is 1. The largest absolute Gasteiger partial charge is 0.480 e. The quantitative estimate of drug-likeness (QED) is 0.678. The van der Waals surface area contributed by atoms with Gasteiger partial charge in [0.2, 0.25) is 0 Å². The minimum absolute atomic E-state index is 0.0307. The predicted octanol–water partition coefficient (Wildman–Crippen LogP) is 1.98. The van der Waals surface area contributed by atoms with E-state index in [9.17, 15) is 24.8 Å². The van der Waals surface area contributed by atoms with Crippen molar-refractivity contribution in [1.82, 2.24) is 4.90 Å². The SMILES string of the molecule is Cc1cccc([N+](=O)[O-])c1C(=O)N1CCCC1(C)C(=O)O. The third-order valence-corrected chi connectivity index (χ3v) is 4.01. The molecule has 0 aromatic heterocycles. The molecular formula is C14H16N2O5. The zero-order chi connectivity index (χ0) is 15.8. The van der Waals surface area contributed by atoms with Crippen molar-refractivity contribution >= 4 is 17.6 Å². The summed E-state index contributed by atoms with van der Waals surface area (Å²) in [6.07, 6.45) is 0.905. The Kier molecular flexibility index (Phi) is 3.67. The highest BCUT2D eigenvalue weighted by Crippen LogP contribution is 2.33. The lowest BCUT2D eigenvalue weighted by Gasteiger charge is -2.31. The van der Waals surface area contributed by atoms with Crippen LogP contribution in [0.3, 0.4) is 0 Å². The summed E-state index contributed by atoms with van der Waals surface area (Å²) >= 11 is 0. The van der Waals surface area contributed by atoms with Crippen LogP contribution in [0.4, 0.5) is 5.69 Å². The van der Waals surface area contributed by atoms with Gasteiger partial charge in [-0.3, -0.25) is 14.9 Å². The van der Waals surface area contributed by atoms with Crippen molar-refractivity contribution in [3.63, 3.8) is 0 Å². The predicted molar refractivity (Wildman–Crippen MR) is 74.1 cm³/mol. The fraction of sp³-hybridized carbons (Fsp3) is 0.429. The summed E-state index contributed by atoms with van der Waals surface area (Å²) < 4.78 is 0. The molecule has 1 atom stereocenters. The second-order valence-electron chi connectivity index (χ2n) is 5.37. The molecule has 1 heterocycles. The summed E-state index contributed by atoms with van der Waals surface area (Å²) in [4.78, 5) is 35.8. The van der Waals surface area contributed by atoms with Gasteiger partial charge < -0.3 is 10.0 Å². The number of likely N-dealkylation sites (tertiary alicyclic amines) is 1. The van der Waals surface area contributed by atoms with Crippen molar-refractivity contribution in [3.8, 4) is 0 Å². The number of carbonyl (C=O) groups is 2. The Morgan fingerprint density at radius 3 is 2.67 bits per heavy atom. The third kappa shape index (κ3) is 2.35. The summed E-state index contributed by atoms with van der Waals surface area (Å²) in [5.41, 5.74) is -1.17. The number of amides is 1. The van der Waals surface area contributed by atoms with E-state index in [1.165, 1.54) is 24.0 Å². The molecule has 1 aliphatic rings. The fourth-order valence-electron chi connectivity index (χ4n) is 2.73. The van der Waals surface area contributed by atoms with Gasteiger partial charge in [-0.15, -0.1) is 0 Å². The molecule has 0 bridgehead atoms. The van der Waals surface area contributed by atoms with Gasteiger partial charge in [-0.1, -0.05) is 12.1 Å². The van der Waals surface area contributed by atoms with Crippen molar-refractivity contribution in [1.29, 1.82) is 0 Å². The van der Waals surface area contributed by atoms with E-state index >= 15 is 0 Å². The molecule has 1 aromatic rings. The normalized spacial score (nSPS) is 21.3. The standard InChI is InChI=1S/C14H16N2O5/c1-9-5-3-6-10(16(20)21)11(9)12(17)15-8-4-7-14(15,2)13(18)19/h3,5-6H,4,7-8H2,1-2H3,(H,18,19). The molecule has 0 saturated carbocycles. The third-order valence-electron chi connectivity index (χ3n) is 4.01. The molecule has 0 radical (unpaired) electrons. The number of nitro benzene ring substituents is 1. The molecule has 0 spiro atoms. The Balaban J connectivity index is 2.51. The Morgan fingerprint density at radius 2 is 2.10 bits per heavy atom. The number of carboxylic acid groups (broad SMARTS) is 1. The first-order chi connectivity index (χ1) is 9.79. The fourth-order valence-corrected chi connectivity index (χ4v) is 2.73. The van der Waals surface area contributed by atoms with E-state index in [2.05, 4.69) is 0 Å². The smallest absolute Gasteiger partial charge is 0.329 e. The molecule has 1 fully saturated rings. The van der Waals surface area contributed by atoms with Crippen LogP contribution in [-0.4, -0.2) is 38.9 Å². The maximum absolute atomic E-state index is 12.7. The van der Waals surface area contributed by atoms with E-state index in [0.717, 1.165) is 0 Å². The van der Waals surface area contributed by atoms with Crippen LogP contribution in [0.5, 0.6) is 0 Å². The second-order valence-corrected chi connectivity index (χ2v) is 5.37. The molecular weight excluding hydrogens is 276 g/mol. The molecule has 1 unspecified atom stereocenters. The second kappa shape index (κ2) is 5.16. The lowest BCUT2D eigenvalue weighted by molar-refractivity contribution is -0.385. The first-order valence-corrected chi connectivity index (χ1v) is 6.58. The molecule has 0 aliphatic carbocycles. The molecule has 21 heavy (non-hydrogen) atoms. The Hall–Kier alpha value is -2.44. The number of aryl methyl sites for hydroxylation is 1. The molecule has 1 amide bonds. The molecule has 7 nitrogen and oxygen atoms in total. The Morgan fingerprint density at radius 1 is 1.43 bits per heavy atom. The number of nitrogens with zero attached hydrogens (tertiary/aromatic N) is 2. The monoisotopic (exact) mass is 292 g/mol. The highest BCUT2D eigenvalue weighted by Gasteiger charge is 2.47. The van der Waals surface area contributed by atoms with E-state index in [-0.39, 0.29) is 17.8 Å². The van der Waals surface area contributed by atoms with Gasteiger partial charge in [0.25, 0.3) is 11.6 Å².